The number of carbonyl (C=O) groups excluding carboxylic acids is 1. The van der Waals surface area contributed by atoms with Gasteiger partial charge < -0.3 is 0 Å². The Morgan fingerprint density at radius 3 is 2.53 bits per heavy atom. The molecule has 0 aliphatic carbocycles. The summed E-state index contributed by atoms with van der Waals surface area (Å²) in [6.45, 7) is 1.89. The maximum Gasteiger partial charge on any atom is 0.150 e. The largest absolute Gasteiger partial charge is 0.298 e. The Morgan fingerprint density at radius 2 is 1.94 bits per heavy atom. The van der Waals surface area contributed by atoms with E-state index in [1.807, 2.05) is 19.1 Å². The van der Waals surface area contributed by atoms with Crippen LogP contribution in [0.3, 0.4) is 0 Å². The fourth-order valence-electron chi connectivity index (χ4n) is 1.67. The normalized spacial score (nSPS) is 9.65. The molecule has 3 nitrogen and oxygen atoms in total. The molecule has 2 aromatic rings. The second kappa shape index (κ2) is 4.58. The van der Waals surface area contributed by atoms with Gasteiger partial charge in [0, 0.05) is 23.5 Å². The van der Waals surface area contributed by atoms with Crippen LogP contribution in [0.15, 0.2) is 36.7 Å². The molecule has 0 saturated carbocycles. The van der Waals surface area contributed by atoms with Crippen LogP contribution in [-0.4, -0.2) is 11.3 Å². The number of aldehydes is 1. The minimum absolute atomic E-state index is 0.571. The SMILES string of the molecule is Cc1c(C#N)cncc1-c1ccc(C=O)cc1. The lowest BCUT2D eigenvalue weighted by Crippen LogP contribution is -1.90. The molecule has 0 atom stereocenters. The molecule has 82 valence electrons. The lowest BCUT2D eigenvalue weighted by atomic mass is 9.99. The van der Waals surface area contributed by atoms with Gasteiger partial charge >= 0.3 is 0 Å². The Hall–Kier alpha value is -2.47. The van der Waals surface area contributed by atoms with Gasteiger partial charge in [0.2, 0.25) is 0 Å². The van der Waals surface area contributed by atoms with Gasteiger partial charge in [0.1, 0.15) is 12.4 Å². The molecule has 1 heterocycles. The quantitative estimate of drug-likeness (QED) is 0.734. The van der Waals surface area contributed by atoms with Crippen molar-refractivity contribution in [1.29, 1.82) is 5.26 Å². The number of nitriles is 1. The van der Waals surface area contributed by atoms with Crippen molar-refractivity contribution in [3.05, 3.63) is 53.3 Å². The minimum atomic E-state index is 0.571. The summed E-state index contributed by atoms with van der Waals surface area (Å²) in [5.41, 5.74) is 3.98. The molecule has 0 aliphatic rings. The van der Waals surface area contributed by atoms with E-state index in [4.69, 9.17) is 5.26 Å². The number of aromatic nitrogens is 1. The van der Waals surface area contributed by atoms with Gasteiger partial charge in [-0.2, -0.15) is 5.26 Å². The van der Waals surface area contributed by atoms with Crippen LogP contribution in [0, 0.1) is 18.3 Å². The topological polar surface area (TPSA) is 53.8 Å². The van der Waals surface area contributed by atoms with Crippen molar-refractivity contribution in [3.63, 3.8) is 0 Å². The van der Waals surface area contributed by atoms with Crippen molar-refractivity contribution in [1.82, 2.24) is 4.98 Å². The monoisotopic (exact) mass is 222 g/mol. The lowest BCUT2D eigenvalue weighted by Gasteiger charge is -2.06. The fraction of sp³-hybridized carbons (Fsp3) is 0.0714. The number of hydrogen-bond acceptors (Lipinski definition) is 3. The summed E-state index contributed by atoms with van der Waals surface area (Å²) in [6, 6.07) is 9.32. The summed E-state index contributed by atoms with van der Waals surface area (Å²) in [5, 5.41) is 8.94. The maximum atomic E-state index is 10.6. The van der Waals surface area contributed by atoms with Crippen molar-refractivity contribution in [2.45, 2.75) is 6.92 Å². The van der Waals surface area contributed by atoms with Gasteiger partial charge in [-0.1, -0.05) is 24.3 Å². The van der Waals surface area contributed by atoms with Gasteiger partial charge in [0.05, 0.1) is 5.56 Å². The van der Waals surface area contributed by atoms with Gasteiger partial charge in [0.15, 0.2) is 0 Å². The van der Waals surface area contributed by atoms with Crippen molar-refractivity contribution < 1.29 is 4.79 Å². The molecule has 0 bridgehead atoms. The third-order valence-electron chi connectivity index (χ3n) is 2.69. The van der Waals surface area contributed by atoms with Crippen LogP contribution in [0.4, 0.5) is 0 Å². The van der Waals surface area contributed by atoms with Crippen LogP contribution in [0.2, 0.25) is 0 Å². The molecule has 0 unspecified atom stereocenters. The van der Waals surface area contributed by atoms with E-state index in [9.17, 15) is 4.79 Å². The van der Waals surface area contributed by atoms with Crippen LogP contribution < -0.4 is 0 Å². The number of nitrogens with zero attached hydrogens (tertiary/aromatic N) is 2. The zero-order valence-corrected chi connectivity index (χ0v) is 9.34. The van der Waals surface area contributed by atoms with E-state index in [0.29, 0.717) is 11.1 Å². The van der Waals surface area contributed by atoms with Crippen LogP contribution >= 0.6 is 0 Å². The number of carbonyl (C=O) groups is 1. The maximum absolute atomic E-state index is 10.6. The highest BCUT2D eigenvalue weighted by molar-refractivity contribution is 5.77. The average molecular weight is 222 g/mol. The van der Waals surface area contributed by atoms with E-state index in [1.54, 1.807) is 24.5 Å². The summed E-state index contributed by atoms with van der Waals surface area (Å²) in [4.78, 5) is 14.6. The molecule has 17 heavy (non-hydrogen) atoms. The average Bonchev–Trinajstić information content (AvgIpc) is 2.39. The highest BCUT2D eigenvalue weighted by Crippen LogP contribution is 2.24. The molecule has 0 aliphatic heterocycles. The van der Waals surface area contributed by atoms with E-state index < -0.39 is 0 Å². The van der Waals surface area contributed by atoms with Crippen LogP contribution in [0.1, 0.15) is 21.5 Å². The zero-order chi connectivity index (χ0) is 12.3. The Bertz CT molecular complexity index is 595. The Morgan fingerprint density at radius 1 is 1.24 bits per heavy atom. The van der Waals surface area contributed by atoms with E-state index in [2.05, 4.69) is 11.1 Å². The Labute approximate surface area is 99.4 Å². The Balaban J connectivity index is 2.53. The molecule has 0 saturated heterocycles. The first-order chi connectivity index (χ1) is 8.26. The highest BCUT2D eigenvalue weighted by Gasteiger charge is 2.06. The molecule has 3 heteroatoms. The van der Waals surface area contributed by atoms with Gasteiger partial charge in [-0.3, -0.25) is 9.78 Å². The molecule has 0 N–H and O–H groups in total. The predicted molar refractivity (Wildman–Crippen MR) is 64.5 cm³/mol. The molecule has 1 aromatic heterocycles. The van der Waals surface area contributed by atoms with Crippen LogP contribution in [0.5, 0.6) is 0 Å². The fourth-order valence-corrected chi connectivity index (χ4v) is 1.67. The molecule has 2 rings (SSSR count). The molecule has 0 fully saturated rings. The smallest absolute Gasteiger partial charge is 0.150 e. The summed E-state index contributed by atoms with van der Waals surface area (Å²) in [6.07, 6.45) is 4.09. The summed E-state index contributed by atoms with van der Waals surface area (Å²) < 4.78 is 0. The standard InChI is InChI=1S/C14H10N2O/c1-10-13(6-15)7-16-8-14(10)12-4-2-11(9-17)3-5-12/h2-5,7-9H,1H3. The summed E-state index contributed by atoms with van der Waals surface area (Å²) in [5.74, 6) is 0. The van der Waals surface area contributed by atoms with E-state index in [0.717, 1.165) is 23.0 Å². The van der Waals surface area contributed by atoms with Crippen molar-refractivity contribution in [3.8, 4) is 17.2 Å². The molecule has 1 aromatic carbocycles. The molecular formula is C14H10N2O. The van der Waals surface area contributed by atoms with Crippen LogP contribution in [0.25, 0.3) is 11.1 Å². The van der Waals surface area contributed by atoms with Gasteiger partial charge in [-0.25, -0.2) is 0 Å². The third-order valence-corrected chi connectivity index (χ3v) is 2.69. The Kier molecular flexibility index (Phi) is 2.97. The lowest BCUT2D eigenvalue weighted by molar-refractivity contribution is 0.112. The molecular weight excluding hydrogens is 212 g/mol. The number of hydrogen-bond donors (Lipinski definition) is 0. The van der Waals surface area contributed by atoms with Crippen molar-refractivity contribution in [2.75, 3.05) is 0 Å². The van der Waals surface area contributed by atoms with Gasteiger partial charge in [-0.05, 0) is 18.1 Å². The molecule has 0 radical (unpaired) electrons. The second-order valence-electron chi connectivity index (χ2n) is 3.71. The minimum Gasteiger partial charge on any atom is -0.298 e. The van der Waals surface area contributed by atoms with Gasteiger partial charge in [-0.15, -0.1) is 0 Å². The second-order valence-corrected chi connectivity index (χ2v) is 3.71. The first kappa shape index (κ1) is 11.0. The predicted octanol–water partition coefficient (Wildman–Crippen LogP) is 2.74. The van der Waals surface area contributed by atoms with Crippen molar-refractivity contribution in [2.24, 2.45) is 0 Å². The van der Waals surface area contributed by atoms with Crippen molar-refractivity contribution >= 4 is 6.29 Å². The van der Waals surface area contributed by atoms with Gasteiger partial charge in [0.25, 0.3) is 0 Å². The van der Waals surface area contributed by atoms with E-state index in [1.165, 1.54) is 0 Å². The van der Waals surface area contributed by atoms with E-state index in [-0.39, 0.29) is 0 Å². The summed E-state index contributed by atoms with van der Waals surface area (Å²) >= 11 is 0. The third kappa shape index (κ3) is 2.06. The molecule has 0 amide bonds. The molecule has 0 spiro atoms. The number of rotatable bonds is 2. The zero-order valence-electron chi connectivity index (χ0n) is 9.34. The first-order valence-corrected chi connectivity index (χ1v) is 5.16. The first-order valence-electron chi connectivity index (χ1n) is 5.16. The number of benzene rings is 1. The summed E-state index contributed by atoms with van der Waals surface area (Å²) in [7, 11) is 0. The van der Waals surface area contributed by atoms with E-state index >= 15 is 0 Å². The number of pyridine rings is 1. The van der Waals surface area contributed by atoms with Crippen LogP contribution in [-0.2, 0) is 0 Å². The highest BCUT2D eigenvalue weighted by atomic mass is 16.1.